The first-order valence-corrected chi connectivity index (χ1v) is 5.40. The second-order valence-electron chi connectivity index (χ2n) is 4.03. The summed E-state index contributed by atoms with van der Waals surface area (Å²) in [7, 11) is 0. The second kappa shape index (κ2) is 4.59. The van der Waals surface area contributed by atoms with Gasteiger partial charge in [-0.3, -0.25) is 0 Å². The van der Waals surface area contributed by atoms with Gasteiger partial charge in [0.15, 0.2) is 0 Å². The lowest BCUT2D eigenvalue weighted by Crippen LogP contribution is -2.16. The summed E-state index contributed by atoms with van der Waals surface area (Å²) in [6.45, 7) is 3.66. The van der Waals surface area contributed by atoms with Gasteiger partial charge < -0.3 is 5.73 Å². The number of nitrogens with two attached hydrogens (primary N) is 1. The topological polar surface area (TPSA) is 51.8 Å². The van der Waals surface area contributed by atoms with Gasteiger partial charge in [-0.15, -0.1) is 0 Å². The van der Waals surface area contributed by atoms with Gasteiger partial charge in [0, 0.05) is 5.56 Å². The van der Waals surface area contributed by atoms with Gasteiger partial charge in [0.25, 0.3) is 0 Å². The van der Waals surface area contributed by atoms with E-state index in [2.05, 4.69) is 10.2 Å². The zero-order valence-corrected chi connectivity index (χ0v) is 9.81. The molecular formula is C13H14FN3. The van der Waals surface area contributed by atoms with Gasteiger partial charge >= 0.3 is 0 Å². The fourth-order valence-electron chi connectivity index (χ4n) is 1.78. The number of hydrogen-bond acceptors (Lipinski definition) is 3. The van der Waals surface area contributed by atoms with Crippen LogP contribution in [-0.4, -0.2) is 10.2 Å². The van der Waals surface area contributed by atoms with Crippen LogP contribution >= 0.6 is 0 Å². The Morgan fingerprint density at radius 3 is 2.53 bits per heavy atom. The van der Waals surface area contributed by atoms with Crippen molar-refractivity contribution in [2.75, 3.05) is 0 Å². The molecule has 0 bridgehead atoms. The molecule has 0 aliphatic rings. The molecule has 0 aliphatic heterocycles. The molecule has 1 unspecified atom stereocenters. The van der Waals surface area contributed by atoms with Gasteiger partial charge in [0.05, 0.1) is 17.4 Å². The molecule has 0 saturated heterocycles. The number of halogens is 1. The summed E-state index contributed by atoms with van der Waals surface area (Å²) in [6, 6.07) is 7.86. The molecular weight excluding hydrogens is 217 g/mol. The van der Waals surface area contributed by atoms with Gasteiger partial charge in [-0.2, -0.15) is 10.2 Å². The van der Waals surface area contributed by atoms with Crippen molar-refractivity contribution >= 4 is 0 Å². The highest BCUT2D eigenvalue weighted by Gasteiger charge is 2.16. The van der Waals surface area contributed by atoms with E-state index >= 15 is 0 Å². The second-order valence-corrected chi connectivity index (χ2v) is 4.03. The highest BCUT2D eigenvalue weighted by molar-refractivity contribution is 5.34. The summed E-state index contributed by atoms with van der Waals surface area (Å²) in [6.07, 6.45) is 0. The number of aromatic nitrogens is 2. The fourth-order valence-corrected chi connectivity index (χ4v) is 1.78. The first-order chi connectivity index (χ1) is 8.09. The zero-order valence-electron chi connectivity index (χ0n) is 9.81. The van der Waals surface area contributed by atoms with E-state index in [1.165, 1.54) is 6.07 Å². The van der Waals surface area contributed by atoms with Crippen LogP contribution in [0.15, 0.2) is 30.3 Å². The summed E-state index contributed by atoms with van der Waals surface area (Å²) in [5, 5.41) is 7.94. The Morgan fingerprint density at radius 2 is 1.82 bits per heavy atom. The lowest BCUT2D eigenvalue weighted by molar-refractivity contribution is 0.598. The fraction of sp³-hybridized carbons (Fsp3) is 0.231. The summed E-state index contributed by atoms with van der Waals surface area (Å²) >= 11 is 0. The van der Waals surface area contributed by atoms with Crippen molar-refractivity contribution in [2.24, 2.45) is 5.73 Å². The molecule has 1 aromatic heterocycles. The minimum absolute atomic E-state index is 0.297. The monoisotopic (exact) mass is 231 g/mol. The van der Waals surface area contributed by atoms with Crippen molar-refractivity contribution < 1.29 is 4.39 Å². The Kier molecular flexibility index (Phi) is 3.15. The van der Waals surface area contributed by atoms with Crippen molar-refractivity contribution in [1.82, 2.24) is 10.2 Å². The first-order valence-electron chi connectivity index (χ1n) is 5.40. The molecule has 3 nitrogen and oxygen atoms in total. The highest BCUT2D eigenvalue weighted by Crippen LogP contribution is 2.23. The molecule has 1 aromatic carbocycles. The summed E-state index contributed by atoms with van der Waals surface area (Å²) in [4.78, 5) is 0. The van der Waals surface area contributed by atoms with Crippen LogP contribution in [0.25, 0.3) is 0 Å². The predicted octanol–water partition coefficient (Wildman–Crippen LogP) is 2.28. The minimum atomic E-state index is -0.509. The van der Waals surface area contributed by atoms with E-state index in [1.54, 1.807) is 18.2 Å². The third-order valence-corrected chi connectivity index (χ3v) is 2.72. The lowest BCUT2D eigenvalue weighted by atomic mass is 9.98. The number of hydrogen-bond donors (Lipinski definition) is 1. The van der Waals surface area contributed by atoms with Crippen LogP contribution in [0.2, 0.25) is 0 Å². The van der Waals surface area contributed by atoms with E-state index in [4.69, 9.17) is 5.73 Å². The van der Waals surface area contributed by atoms with Crippen molar-refractivity contribution in [3.8, 4) is 0 Å². The Bertz CT molecular complexity index is 540. The lowest BCUT2D eigenvalue weighted by Gasteiger charge is -2.15. The van der Waals surface area contributed by atoms with Crippen molar-refractivity contribution in [1.29, 1.82) is 0 Å². The number of aryl methyl sites for hydroxylation is 2. The van der Waals surface area contributed by atoms with E-state index in [9.17, 15) is 4.39 Å². The van der Waals surface area contributed by atoms with Crippen molar-refractivity contribution in [3.63, 3.8) is 0 Å². The van der Waals surface area contributed by atoms with E-state index in [0.717, 1.165) is 17.0 Å². The molecule has 4 heteroatoms. The molecule has 17 heavy (non-hydrogen) atoms. The maximum atomic E-state index is 13.6. The van der Waals surface area contributed by atoms with Gasteiger partial charge in [-0.25, -0.2) is 4.39 Å². The first kappa shape index (κ1) is 11.7. The van der Waals surface area contributed by atoms with E-state index in [0.29, 0.717) is 5.56 Å². The van der Waals surface area contributed by atoms with Crippen LogP contribution in [0.1, 0.15) is 28.6 Å². The molecule has 1 heterocycles. The summed E-state index contributed by atoms with van der Waals surface area (Å²) in [5.41, 5.74) is 8.87. The van der Waals surface area contributed by atoms with Crippen LogP contribution in [0.5, 0.6) is 0 Å². The molecule has 2 rings (SSSR count). The normalized spacial score (nSPS) is 12.5. The standard InChI is InChI=1S/C13H14FN3/c1-8-7-11(9(2)17-16-8)13(15)10-5-3-4-6-12(10)14/h3-7,13H,15H2,1-2H3. The molecule has 2 N–H and O–H groups in total. The molecule has 0 saturated carbocycles. The average molecular weight is 231 g/mol. The number of benzene rings is 1. The third-order valence-electron chi connectivity index (χ3n) is 2.72. The Labute approximate surface area is 99.5 Å². The summed E-state index contributed by atoms with van der Waals surface area (Å²) in [5.74, 6) is -0.297. The SMILES string of the molecule is Cc1cc(C(N)c2ccccc2F)c(C)nn1. The van der Waals surface area contributed by atoms with Crippen LogP contribution in [0.4, 0.5) is 4.39 Å². The quantitative estimate of drug-likeness (QED) is 0.862. The van der Waals surface area contributed by atoms with E-state index < -0.39 is 6.04 Å². The van der Waals surface area contributed by atoms with E-state index in [1.807, 2.05) is 19.9 Å². The number of rotatable bonds is 2. The maximum Gasteiger partial charge on any atom is 0.128 e. The molecule has 2 aromatic rings. The van der Waals surface area contributed by atoms with E-state index in [-0.39, 0.29) is 5.82 Å². The predicted molar refractivity (Wildman–Crippen MR) is 63.9 cm³/mol. The Hall–Kier alpha value is -1.81. The van der Waals surface area contributed by atoms with Gasteiger partial charge in [-0.05, 0) is 31.5 Å². The molecule has 88 valence electrons. The molecule has 0 radical (unpaired) electrons. The van der Waals surface area contributed by atoms with Crippen molar-refractivity contribution in [3.05, 3.63) is 58.7 Å². The van der Waals surface area contributed by atoms with Gasteiger partial charge in [-0.1, -0.05) is 18.2 Å². The van der Waals surface area contributed by atoms with Crippen LogP contribution in [0.3, 0.4) is 0 Å². The minimum Gasteiger partial charge on any atom is -0.320 e. The van der Waals surface area contributed by atoms with Crippen LogP contribution < -0.4 is 5.73 Å². The Balaban J connectivity index is 2.47. The molecule has 0 spiro atoms. The van der Waals surface area contributed by atoms with Crippen molar-refractivity contribution in [2.45, 2.75) is 19.9 Å². The molecule has 1 atom stereocenters. The summed E-state index contributed by atoms with van der Waals surface area (Å²) < 4.78 is 13.6. The molecule has 0 aliphatic carbocycles. The molecule has 0 fully saturated rings. The van der Waals surface area contributed by atoms with Gasteiger partial charge in [0.1, 0.15) is 5.82 Å². The molecule has 0 amide bonds. The average Bonchev–Trinajstić information content (AvgIpc) is 2.32. The highest BCUT2D eigenvalue weighted by atomic mass is 19.1. The Morgan fingerprint density at radius 1 is 1.12 bits per heavy atom. The van der Waals surface area contributed by atoms with Gasteiger partial charge in [0.2, 0.25) is 0 Å². The largest absolute Gasteiger partial charge is 0.320 e. The number of nitrogens with zero attached hydrogens (tertiary/aromatic N) is 2. The smallest absolute Gasteiger partial charge is 0.128 e. The maximum absolute atomic E-state index is 13.6. The third kappa shape index (κ3) is 2.31. The zero-order chi connectivity index (χ0) is 12.4. The van der Waals surface area contributed by atoms with Crippen LogP contribution in [-0.2, 0) is 0 Å². The van der Waals surface area contributed by atoms with Crippen LogP contribution in [0, 0.1) is 19.7 Å².